The molecule has 138 valence electrons. The Kier molecular flexibility index (Phi) is 9.46. The van der Waals surface area contributed by atoms with Gasteiger partial charge in [0.15, 0.2) is 0 Å². The van der Waals surface area contributed by atoms with Crippen molar-refractivity contribution in [2.24, 2.45) is 11.8 Å². The number of thioether (sulfide) groups is 1. The Morgan fingerprint density at radius 1 is 1.21 bits per heavy atom. The summed E-state index contributed by atoms with van der Waals surface area (Å²) in [5.41, 5.74) is 1.11. The second-order valence-electron chi connectivity index (χ2n) is 7.10. The maximum Gasteiger partial charge on any atom is 0.150 e. The van der Waals surface area contributed by atoms with Gasteiger partial charge in [-0.1, -0.05) is 57.2 Å². The van der Waals surface area contributed by atoms with Gasteiger partial charge < -0.3 is 5.11 Å². The highest BCUT2D eigenvalue weighted by molar-refractivity contribution is 8.01. The number of alkyl halides is 1. The van der Waals surface area contributed by atoms with Crippen LogP contribution in [0.4, 0.5) is 0 Å². The lowest BCUT2D eigenvalue weighted by atomic mass is 9.87. The van der Waals surface area contributed by atoms with E-state index in [9.17, 15) is 5.11 Å². The molecule has 1 aromatic heterocycles. The largest absolute Gasteiger partial charge is 0.393 e. The molecule has 1 heterocycles. The number of hydrogen-bond donors (Lipinski definition) is 1. The van der Waals surface area contributed by atoms with E-state index in [1.54, 1.807) is 11.3 Å². The van der Waals surface area contributed by atoms with Crippen molar-refractivity contribution in [1.29, 1.82) is 0 Å². The first-order valence-corrected chi connectivity index (χ1v) is 11.8. The van der Waals surface area contributed by atoms with Crippen LogP contribution in [-0.4, -0.2) is 27.3 Å². The van der Waals surface area contributed by atoms with Crippen LogP contribution in [0.2, 0.25) is 0 Å². The van der Waals surface area contributed by atoms with Gasteiger partial charge in [0, 0.05) is 22.2 Å². The highest BCUT2D eigenvalue weighted by Gasteiger charge is 2.40. The third kappa shape index (κ3) is 6.51. The van der Waals surface area contributed by atoms with Crippen molar-refractivity contribution >= 4 is 34.7 Å². The average Bonchev–Trinajstić information content (AvgIpc) is 3.07. The summed E-state index contributed by atoms with van der Waals surface area (Å²) in [7, 11) is 0. The van der Waals surface area contributed by atoms with Gasteiger partial charge >= 0.3 is 0 Å². The van der Waals surface area contributed by atoms with Gasteiger partial charge in [-0.05, 0) is 38.0 Å². The monoisotopic (exact) mass is 389 g/mol. The first-order valence-electron chi connectivity index (χ1n) is 9.49. The van der Waals surface area contributed by atoms with E-state index in [4.69, 9.17) is 11.6 Å². The smallest absolute Gasteiger partial charge is 0.150 e. The van der Waals surface area contributed by atoms with Crippen LogP contribution >= 0.6 is 34.7 Å². The van der Waals surface area contributed by atoms with Crippen LogP contribution in [0.1, 0.15) is 70.4 Å². The van der Waals surface area contributed by atoms with Crippen molar-refractivity contribution in [2.75, 3.05) is 5.75 Å². The lowest BCUT2D eigenvalue weighted by Gasteiger charge is -2.23. The number of rotatable bonds is 11. The van der Waals surface area contributed by atoms with Gasteiger partial charge in [-0.2, -0.15) is 0 Å². The number of aryl methyl sites for hydroxylation is 1. The summed E-state index contributed by atoms with van der Waals surface area (Å²) >= 11 is 10.1. The summed E-state index contributed by atoms with van der Waals surface area (Å²) < 4.78 is 1.16. The van der Waals surface area contributed by atoms with Gasteiger partial charge in [-0.25, -0.2) is 4.98 Å². The maximum absolute atomic E-state index is 10.4. The molecule has 1 fully saturated rings. The number of thiazole rings is 1. The number of aliphatic hydroxyl groups is 1. The van der Waals surface area contributed by atoms with E-state index < -0.39 is 0 Å². The van der Waals surface area contributed by atoms with Gasteiger partial charge in [0.2, 0.25) is 0 Å². The summed E-state index contributed by atoms with van der Waals surface area (Å²) in [6.45, 7) is 4.30. The Morgan fingerprint density at radius 3 is 2.67 bits per heavy atom. The van der Waals surface area contributed by atoms with E-state index in [2.05, 4.69) is 17.3 Å². The summed E-state index contributed by atoms with van der Waals surface area (Å²) in [6.07, 6.45) is 10.7. The average molecular weight is 390 g/mol. The predicted octanol–water partition coefficient (Wildman–Crippen LogP) is 6.29. The first-order chi connectivity index (χ1) is 11.6. The van der Waals surface area contributed by atoms with Crippen LogP contribution in [0.15, 0.2) is 9.72 Å². The summed E-state index contributed by atoms with van der Waals surface area (Å²) in [5.74, 6) is 1.92. The minimum absolute atomic E-state index is 0.142. The van der Waals surface area contributed by atoms with E-state index in [-0.39, 0.29) is 11.5 Å². The van der Waals surface area contributed by atoms with Crippen LogP contribution < -0.4 is 0 Å². The van der Waals surface area contributed by atoms with E-state index >= 15 is 0 Å². The van der Waals surface area contributed by atoms with Gasteiger partial charge in [0.25, 0.3) is 0 Å². The Labute approximate surface area is 160 Å². The molecule has 0 radical (unpaired) electrons. The zero-order valence-electron chi connectivity index (χ0n) is 15.0. The summed E-state index contributed by atoms with van der Waals surface area (Å²) in [4.78, 5) is 4.51. The number of unbranched alkanes of at least 4 members (excludes halogenated alkanes) is 5. The quantitative estimate of drug-likeness (QED) is 0.274. The third-order valence-corrected chi connectivity index (χ3v) is 7.82. The first kappa shape index (κ1) is 20.5. The normalized spacial score (nSPS) is 27.0. The lowest BCUT2D eigenvalue weighted by Crippen LogP contribution is -2.21. The predicted molar refractivity (Wildman–Crippen MR) is 107 cm³/mol. The van der Waals surface area contributed by atoms with Crippen LogP contribution in [0.3, 0.4) is 0 Å². The number of hydrogen-bond acceptors (Lipinski definition) is 4. The molecule has 2 nitrogen and oxygen atoms in total. The molecule has 5 heteroatoms. The molecule has 0 amide bonds. The van der Waals surface area contributed by atoms with Crippen LogP contribution in [0, 0.1) is 18.8 Å². The Balaban J connectivity index is 1.71. The minimum atomic E-state index is -0.194. The minimum Gasteiger partial charge on any atom is -0.393 e. The molecule has 0 aliphatic heterocycles. The molecule has 1 unspecified atom stereocenters. The van der Waals surface area contributed by atoms with Crippen LogP contribution in [0.25, 0.3) is 0 Å². The molecule has 4 atom stereocenters. The van der Waals surface area contributed by atoms with Crippen molar-refractivity contribution in [3.8, 4) is 0 Å². The molecule has 1 aliphatic rings. The number of nitrogens with zero attached hydrogens (tertiary/aromatic N) is 1. The van der Waals surface area contributed by atoms with Crippen molar-refractivity contribution in [3.05, 3.63) is 11.1 Å². The SMILES string of the molecule is CCCCCCCC[C@H]1[C@H](O)CC(Cl)[C@@H]1CCSc1nc(C)cs1. The molecule has 1 saturated carbocycles. The Hall–Kier alpha value is 0.230. The Morgan fingerprint density at radius 2 is 1.96 bits per heavy atom. The molecular weight excluding hydrogens is 358 g/mol. The van der Waals surface area contributed by atoms with Gasteiger partial charge in [-0.15, -0.1) is 22.9 Å². The molecule has 0 aromatic carbocycles. The highest BCUT2D eigenvalue weighted by Crippen LogP contribution is 2.42. The van der Waals surface area contributed by atoms with Crippen LogP contribution in [0.5, 0.6) is 0 Å². The van der Waals surface area contributed by atoms with Crippen molar-refractivity contribution in [1.82, 2.24) is 4.98 Å². The molecule has 0 bridgehead atoms. The Bertz CT molecular complexity index is 468. The molecule has 0 spiro atoms. The zero-order chi connectivity index (χ0) is 17.4. The molecule has 1 aromatic rings. The van der Waals surface area contributed by atoms with Gasteiger partial charge in [0.05, 0.1) is 6.10 Å². The maximum atomic E-state index is 10.4. The topological polar surface area (TPSA) is 33.1 Å². The van der Waals surface area contributed by atoms with Crippen molar-refractivity contribution in [2.45, 2.75) is 87.5 Å². The van der Waals surface area contributed by atoms with E-state index in [0.29, 0.717) is 11.8 Å². The van der Waals surface area contributed by atoms with Crippen molar-refractivity contribution in [3.63, 3.8) is 0 Å². The summed E-state index contributed by atoms with van der Waals surface area (Å²) in [5, 5.41) is 12.6. The van der Waals surface area contributed by atoms with Gasteiger partial charge in [-0.3, -0.25) is 0 Å². The fourth-order valence-corrected chi connectivity index (χ4v) is 6.23. The molecule has 1 aliphatic carbocycles. The molecule has 0 saturated heterocycles. The molecule has 1 N–H and O–H groups in total. The molecular formula is C19H32ClNOS2. The van der Waals surface area contributed by atoms with Gasteiger partial charge in [0.1, 0.15) is 4.34 Å². The number of aliphatic hydroxyl groups excluding tert-OH is 1. The second-order valence-corrected chi connectivity index (χ2v) is 9.86. The number of halogens is 1. The van der Waals surface area contributed by atoms with E-state index in [0.717, 1.165) is 35.0 Å². The second kappa shape index (κ2) is 11.1. The zero-order valence-corrected chi connectivity index (χ0v) is 17.4. The van der Waals surface area contributed by atoms with Crippen molar-refractivity contribution < 1.29 is 5.11 Å². The summed E-state index contributed by atoms with van der Waals surface area (Å²) in [6, 6.07) is 0. The fraction of sp³-hybridized carbons (Fsp3) is 0.842. The molecule has 24 heavy (non-hydrogen) atoms. The molecule has 2 rings (SSSR count). The lowest BCUT2D eigenvalue weighted by molar-refractivity contribution is 0.109. The van der Waals surface area contributed by atoms with E-state index in [1.165, 1.54) is 38.5 Å². The number of aromatic nitrogens is 1. The van der Waals surface area contributed by atoms with Crippen LogP contribution in [-0.2, 0) is 0 Å². The standard InChI is InChI=1S/C19H32ClNOS2/c1-3-4-5-6-7-8-9-16-15(17(20)12-18(16)22)10-11-23-19-21-14(2)13-24-19/h13,15-18,22H,3-12H2,1-2H3/t15-,16-,17?,18-/m1/s1. The third-order valence-electron chi connectivity index (χ3n) is 5.14. The fourth-order valence-electron chi connectivity index (χ4n) is 3.78. The van der Waals surface area contributed by atoms with E-state index in [1.807, 2.05) is 18.7 Å². The highest BCUT2D eigenvalue weighted by atomic mass is 35.5.